The quantitative estimate of drug-likeness (QED) is 0.303. The van der Waals surface area contributed by atoms with Crippen molar-refractivity contribution in [1.29, 1.82) is 0 Å². The Hall–Kier alpha value is -3.33. The molecule has 0 unspecified atom stereocenters. The first-order valence-electron chi connectivity index (χ1n) is 9.62. The van der Waals surface area contributed by atoms with Crippen LogP contribution in [0.25, 0.3) is 10.9 Å². The van der Waals surface area contributed by atoms with E-state index in [4.69, 9.17) is 4.74 Å². The number of carbonyl (C=O) groups excluding carboxylic acids is 1. The van der Waals surface area contributed by atoms with Gasteiger partial charge >= 0.3 is 0 Å². The maximum absolute atomic E-state index is 11.3. The molecule has 4 aromatic rings. The molecule has 0 N–H and O–H groups in total. The molecule has 0 bridgehead atoms. The van der Waals surface area contributed by atoms with Crippen LogP contribution in [-0.4, -0.2) is 17.5 Å². The van der Waals surface area contributed by atoms with Gasteiger partial charge < -0.3 is 9.30 Å². The Balaban J connectivity index is 1.30. The van der Waals surface area contributed by atoms with E-state index in [-0.39, 0.29) is 0 Å². The number of aryl methyl sites for hydroxylation is 1. The smallest absolute Gasteiger partial charge is 0.152 e. The van der Waals surface area contributed by atoms with Gasteiger partial charge in [0.2, 0.25) is 0 Å². The van der Waals surface area contributed by atoms with E-state index >= 15 is 0 Å². The average Bonchev–Trinajstić information content (AvgIpc) is 3.11. The Morgan fingerprint density at radius 2 is 1.54 bits per heavy atom. The van der Waals surface area contributed by atoms with Crippen molar-refractivity contribution in [3.8, 4) is 5.75 Å². The van der Waals surface area contributed by atoms with Gasteiger partial charge in [-0.2, -0.15) is 0 Å². The minimum Gasteiger partial charge on any atom is -0.494 e. The Bertz CT molecular complexity index is 1050. The van der Waals surface area contributed by atoms with E-state index in [1.165, 1.54) is 11.1 Å². The number of benzene rings is 3. The second-order valence-electron chi connectivity index (χ2n) is 6.92. The van der Waals surface area contributed by atoms with E-state index in [0.717, 1.165) is 47.9 Å². The van der Waals surface area contributed by atoms with E-state index < -0.39 is 0 Å². The van der Waals surface area contributed by atoms with Crippen LogP contribution in [0.15, 0.2) is 85.1 Å². The third kappa shape index (κ3) is 4.15. The molecule has 3 heteroatoms. The summed E-state index contributed by atoms with van der Waals surface area (Å²) in [4.78, 5) is 11.3. The second kappa shape index (κ2) is 8.57. The molecule has 4 rings (SSSR count). The number of hydrogen-bond acceptors (Lipinski definition) is 2. The number of aromatic nitrogens is 1. The van der Waals surface area contributed by atoms with Gasteiger partial charge in [-0.15, -0.1) is 0 Å². The topological polar surface area (TPSA) is 31.2 Å². The van der Waals surface area contributed by atoms with Crippen molar-refractivity contribution < 1.29 is 9.53 Å². The third-order valence-electron chi connectivity index (χ3n) is 4.93. The Morgan fingerprint density at radius 3 is 2.32 bits per heavy atom. The highest BCUT2D eigenvalue weighted by atomic mass is 16.5. The third-order valence-corrected chi connectivity index (χ3v) is 4.93. The number of para-hydroxylation sites is 1. The fourth-order valence-electron chi connectivity index (χ4n) is 3.51. The highest BCUT2D eigenvalue weighted by Crippen LogP contribution is 2.20. The lowest BCUT2D eigenvalue weighted by Crippen LogP contribution is -2.03. The summed E-state index contributed by atoms with van der Waals surface area (Å²) in [6.45, 7) is 1.46. The van der Waals surface area contributed by atoms with E-state index in [0.29, 0.717) is 6.61 Å². The van der Waals surface area contributed by atoms with Crippen molar-refractivity contribution >= 4 is 17.2 Å². The Morgan fingerprint density at radius 1 is 0.821 bits per heavy atom. The molecule has 0 atom stereocenters. The SMILES string of the molecule is O=Cc1cn(CCCOc2ccc(Cc3ccccc3)cc2)c2ccccc12. The fourth-order valence-corrected chi connectivity index (χ4v) is 3.51. The summed E-state index contributed by atoms with van der Waals surface area (Å²) in [5.74, 6) is 0.891. The number of rotatable bonds is 8. The lowest BCUT2D eigenvalue weighted by atomic mass is 10.1. The molecule has 0 spiro atoms. The van der Waals surface area contributed by atoms with Crippen LogP contribution in [0.2, 0.25) is 0 Å². The van der Waals surface area contributed by atoms with Crippen LogP contribution in [-0.2, 0) is 13.0 Å². The number of hydrogen-bond donors (Lipinski definition) is 0. The summed E-state index contributed by atoms with van der Waals surface area (Å²) in [6, 6.07) is 26.8. The zero-order chi connectivity index (χ0) is 19.2. The maximum atomic E-state index is 11.3. The molecule has 1 heterocycles. The first-order chi connectivity index (χ1) is 13.8. The van der Waals surface area contributed by atoms with E-state index in [1.807, 2.05) is 42.6 Å². The van der Waals surface area contributed by atoms with Crippen molar-refractivity contribution in [2.45, 2.75) is 19.4 Å². The summed E-state index contributed by atoms with van der Waals surface area (Å²) in [7, 11) is 0. The number of carbonyl (C=O) groups is 1. The minimum absolute atomic E-state index is 0.640. The number of ether oxygens (including phenoxy) is 1. The standard InChI is InChI=1S/C25H23NO2/c27-19-22-18-26(25-10-5-4-9-24(22)25)15-6-16-28-23-13-11-21(12-14-23)17-20-7-2-1-3-8-20/h1-5,7-14,18-19H,6,15-17H2. The molecule has 1 aromatic heterocycles. The molecule has 28 heavy (non-hydrogen) atoms. The van der Waals surface area contributed by atoms with Gasteiger partial charge in [-0.3, -0.25) is 4.79 Å². The molecule has 0 saturated heterocycles. The summed E-state index contributed by atoms with van der Waals surface area (Å²) >= 11 is 0. The summed E-state index contributed by atoms with van der Waals surface area (Å²) in [5.41, 5.74) is 4.42. The van der Waals surface area contributed by atoms with Crippen molar-refractivity contribution in [2.75, 3.05) is 6.61 Å². The van der Waals surface area contributed by atoms with Crippen LogP contribution in [0.4, 0.5) is 0 Å². The van der Waals surface area contributed by atoms with E-state index in [1.54, 1.807) is 0 Å². The normalized spacial score (nSPS) is 10.9. The van der Waals surface area contributed by atoms with E-state index in [2.05, 4.69) is 47.0 Å². The molecule has 3 aromatic carbocycles. The average molecular weight is 369 g/mol. The van der Waals surface area contributed by atoms with Crippen LogP contribution < -0.4 is 4.74 Å². The first-order valence-corrected chi connectivity index (χ1v) is 9.62. The number of fused-ring (bicyclic) bond motifs is 1. The Labute approximate surface area is 165 Å². The van der Waals surface area contributed by atoms with Gasteiger partial charge in [-0.05, 0) is 42.2 Å². The molecule has 3 nitrogen and oxygen atoms in total. The highest BCUT2D eigenvalue weighted by Gasteiger charge is 2.07. The predicted molar refractivity (Wildman–Crippen MR) is 113 cm³/mol. The first kappa shape index (κ1) is 18.1. The Kier molecular flexibility index (Phi) is 5.53. The number of nitrogens with zero attached hydrogens (tertiary/aromatic N) is 1. The van der Waals surface area contributed by atoms with E-state index in [9.17, 15) is 4.79 Å². The van der Waals surface area contributed by atoms with Gasteiger partial charge in [0.05, 0.1) is 6.61 Å². The lowest BCUT2D eigenvalue weighted by molar-refractivity contribution is 0.112. The van der Waals surface area contributed by atoms with Crippen LogP contribution in [0.5, 0.6) is 5.75 Å². The van der Waals surface area contributed by atoms with Gasteiger partial charge in [-0.25, -0.2) is 0 Å². The van der Waals surface area contributed by atoms with Crippen molar-refractivity contribution in [1.82, 2.24) is 4.57 Å². The second-order valence-corrected chi connectivity index (χ2v) is 6.92. The number of aldehydes is 1. The molecular formula is C25H23NO2. The van der Waals surface area contributed by atoms with Gasteiger partial charge in [0, 0.05) is 29.2 Å². The van der Waals surface area contributed by atoms with Crippen molar-refractivity contribution in [3.63, 3.8) is 0 Å². The molecule has 0 aliphatic rings. The van der Waals surface area contributed by atoms with Gasteiger partial charge in [0.1, 0.15) is 5.75 Å². The monoisotopic (exact) mass is 369 g/mol. The zero-order valence-corrected chi connectivity index (χ0v) is 15.8. The zero-order valence-electron chi connectivity index (χ0n) is 15.8. The molecule has 0 saturated carbocycles. The van der Waals surface area contributed by atoms with Crippen LogP contribution in [0.1, 0.15) is 27.9 Å². The van der Waals surface area contributed by atoms with Crippen LogP contribution in [0.3, 0.4) is 0 Å². The molecule has 0 aliphatic heterocycles. The van der Waals surface area contributed by atoms with Gasteiger partial charge in [0.15, 0.2) is 6.29 Å². The fraction of sp³-hybridized carbons (Fsp3) is 0.160. The maximum Gasteiger partial charge on any atom is 0.152 e. The minimum atomic E-state index is 0.640. The highest BCUT2D eigenvalue weighted by molar-refractivity contribution is 5.97. The lowest BCUT2D eigenvalue weighted by Gasteiger charge is -2.09. The molecule has 140 valence electrons. The summed E-state index contributed by atoms with van der Waals surface area (Å²) in [5, 5.41) is 1.01. The van der Waals surface area contributed by atoms with Crippen LogP contribution in [0, 0.1) is 0 Å². The van der Waals surface area contributed by atoms with Crippen molar-refractivity contribution in [3.05, 3.63) is 102 Å². The summed E-state index contributed by atoms with van der Waals surface area (Å²) in [6.07, 6.45) is 4.66. The molecule has 0 fully saturated rings. The molecule has 0 aliphatic carbocycles. The largest absolute Gasteiger partial charge is 0.494 e. The van der Waals surface area contributed by atoms with Crippen LogP contribution >= 0.6 is 0 Å². The summed E-state index contributed by atoms with van der Waals surface area (Å²) < 4.78 is 8.03. The van der Waals surface area contributed by atoms with Gasteiger partial charge in [-0.1, -0.05) is 60.7 Å². The van der Waals surface area contributed by atoms with Gasteiger partial charge in [0.25, 0.3) is 0 Å². The van der Waals surface area contributed by atoms with Crippen molar-refractivity contribution in [2.24, 2.45) is 0 Å². The molecule has 0 radical (unpaired) electrons. The predicted octanol–water partition coefficient (Wildman–Crippen LogP) is 5.51. The molecule has 0 amide bonds. The molecular weight excluding hydrogens is 346 g/mol.